The molecule has 0 unspecified atom stereocenters. The number of amides is 17. The minimum Gasteiger partial charge on any atom is -0.508 e. The van der Waals surface area contributed by atoms with Crippen LogP contribution in [0.5, 0.6) is 17.2 Å². The number of guanidine groups is 1. The van der Waals surface area contributed by atoms with E-state index in [1.54, 1.807) is 27.7 Å². The first-order chi connectivity index (χ1) is 60.2. The van der Waals surface area contributed by atoms with E-state index in [0.717, 1.165) is 0 Å². The number of rotatable bonds is 26. The summed E-state index contributed by atoms with van der Waals surface area (Å²) in [7, 11) is 0. The molecule has 1 fully saturated rings. The summed E-state index contributed by atoms with van der Waals surface area (Å²) in [5, 5.41) is 97.8. The van der Waals surface area contributed by atoms with Gasteiger partial charge in [0.05, 0.1) is 68.9 Å². The number of imidazole rings is 2. The van der Waals surface area contributed by atoms with Gasteiger partial charge in [0.2, 0.25) is 100 Å². The van der Waals surface area contributed by atoms with Gasteiger partial charge in [-0.25, -0.2) is 9.97 Å². The Kier molecular flexibility index (Phi) is 40.6. The highest BCUT2D eigenvalue weighted by atomic mass is 32.2. The maximum Gasteiger partial charge on any atom is 0.305 e. The van der Waals surface area contributed by atoms with Gasteiger partial charge in [-0.15, -0.1) is 11.8 Å². The van der Waals surface area contributed by atoms with Gasteiger partial charge in [-0.1, -0.05) is 64.1 Å². The average Bonchev–Trinajstić information content (AvgIpc) is 1.36. The Bertz CT molecular complexity index is 4660. The van der Waals surface area contributed by atoms with Gasteiger partial charge in [-0.2, -0.15) is 0 Å². The molecule has 127 heavy (non-hydrogen) atoms. The van der Waals surface area contributed by atoms with Crippen molar-refractivity contribution in [1.29, 1.82) is 5.41 Å². The molecule has 3 heterocycles. The number of hydrogen-bond acceptors (Lipinski definition) is 26. The third kappa shape index (κ3) is 36.5. The van der Waals surface area contributed by atoms with Gasteiger partial charge in [0, 0.05) is 56.8 Å². The molecule has 17 amide bonds. The number of aromatic hydroxyl groups is 3. The number of hydrogen-bond donors (Lipinski definition) is 27. The molecule has 2 aromatic heterocycles. The summed E-state index contributed by atoms with van der Waals surface area (Å²) >= 11 is 0.700. The van der Waals surface area contributed by atoms with Crippen LogP contribution >= 0.6 is 11.8 Å². The predicted octanol–water partition coefficient (Wildman–Crippen LogP) is -8.14. The standard InChI is InChI=1S/C79H108N24O23S/c1-39(2)20-50-67(115)88-33-64(111)94-60(69(117)87-31-62(81)109)35-127-36-65(112)93-53(23-42-9-15-47(106)16-10-42)72(120)100-55(25-44-29-84-37-90-44)74(122)101-56(26-45-30-85-38-91-45)75(123)102-57(27-61(80)108)76(124)99-54(24-43-11-17-48(107)18-12-43)73(121)95-49(6-5-19-86-79(82)83)70(118)103-59(34-104)78(126)97-51(21-40(3)4)71(119)98-52(22-41-7-13-46(105)14-8-41)68(116)89-32-63(110)92-58(28-66(113)114)77(125)96-50/h7-18,29-30,37-40,49-60,104-107H,5-6,19-28,31-36H2,1-4H3,(H2,80,108)(H2,81,109)(H,84,90)(H,85,91)(H,87,117)(H,88,115)(H,89,116)(H,92,110)(H,93,112)(H,94,111)(H,95,121)(H,96,125)(H,97,126)(H,98,119)(H,99,124)(H,100,120)(H,101,122)(H,102,123)(H,103,118)(H,113,114)(H4,82,83,86)/t49-,50-,51-,52-,53-,54-,55-,56-,57-,58-,59-,60-/m0/s1. The van der Waals surface area contributed by atoms with Crippen LogP contribution in [0.2, 0.25) is 0 Å². The smallest absolute Gasteiger partial charge is 0.305 e. The summed E-state index contributed by atoms with van der Waals surface area (Å²) in [6, 6.07) is -5.28. The number of benzene rings is 3. The van der Waals surface area contributed by atoms with E-state index in [1.165, 1.54) is 97.8 Å². The van der Waals surface area contributed by atoms with E-state index in [0.29, 0.717) is 22.9 Å². The molecule has 1 aliphatic heterocycles. The number of H-pyrrole nitrogens is 2. The maximum atomic E-state index is 15.0. The zero-order valence-corrected chi connectivity index (χ0v) is 70.5. The molecular formula is C79H108N24O23S. The van der Waals surface area contributed by atoms with Crippen LogP contribution in [0.15, 0.2) is 97.8 Å². The number of carboxylic acids is 1. The van der Waals surface area contributed by atoms with Crippen molar-refractivity contribution in [3.8, 4) is 17.2 Å². The molecule has 688 valence electrons. The highest BCUT2D eigenvalue weighted by Gasteiger charge is 2.39. The number of primary amides is 2. The zero-order chi connectivity index (χ0) is 93.6. The summed E-state index contributed by atoms with van der Waals surface area (Å²) in [5.74, 6) is -23.8. The lowest BCUT2D eigenvalue weighted by Crippen LogP contribution is -2.61. The van der Waals surface area contributed by atoms with E-state index in [1.807, 2.05) is 0 Å². The summed E-state index contributed by atoms with van der Waals surface area (Å²) in [6.45, 7) is 2.58. The van der Waals surface area contributed by atoms with Gasteiger partial charge in [-0.3, -0.25) is 91.7 Å². The van der Waals surface area contributed by atoms with Crippen molar-refractivity contribution < 1.29 is 112 Å². The van der Waals surface area contributed by atoms with Crippen molar-refractivity contribution in [3.63, 3.8) is 0 Å². The minimum atomic E-state index is -2.02. The SMILES string of the molecule is CC(C)C[C@@H]1NC(=O)[C@H](CC(=O)O)NC(=O)CNC(=O)[C@H](Cc2ccc(O)cc2)NC(=O)[C@H](CC(C)C)NC(=O)[C@H](CO)NC(=O)[C@H](CCCNC(=N)N)NC(=O)[C@H](Cc2ccc(O)cc2)NC(=O)[C@H](CC(N)=O)NC(=O)[C@H](Cc2c[nH]cn2)NC(=O)[C@H](Cc2c[nH]cn2)NC(=O)[C@H](Cc2ccc(O)cc2)NC(=O)CSC[C@@H](C(=O)NCC(N)=O)NC(=O)CNC1=O. The molecule has 1 saturated heterocycles. The number of phenols is 3. The lowest BCUT2D eigenvalue weighted by atomic mass is 10.0. The maximum absolute atomic E-state index is 15.0. The Morgan fingerprint density at radius 3 is 1.21 bits per heavy atom. The molecule has 48 heteroatoms. The van der Waals surface area contributed by atoms with Crippen LogP contribution in [0.4, 0.5) is 0 Å². The topological polar surface area (TPSA) is 760 Å². The number of aliphatic hydroxyl groups is 1. The molecule has 12 atom stereocenters. The number of phenolic OH excluding ortho intramolecular Hbond substituents is 3. The van der Waals surface area contributed by atoms with Gasteiger partial charge >= 0.3 is 5.97 Å². The lowest BCUT2D eigenvalue weighted by molar-refractivity contribution is -0.141. The van der Waals surface area contributed by atoms with Gasteiger partial charge in [0.1, 0.15) is 89.8 Å². The van der Waals surface area contributed by atoms with Gasteiger partial charge in [-0.05, 0) is 90.6 Å². The first-order valence-corrected chi connectivity index (χ1v) is 41.1. The Morgan fingerprint density at radius 2 is 0.795 bits per heavy atom. The van der Waals surface area contributed by atoms with Crippen LogP contribution in [0, 0.1) is 17.2 Å². The van der Waals surface area contributed by atoms with Crippen molar-refractivity contribution in [2.45, 2.75) is 171 Å². The lowest BCUT2D eigenvalue weighted by Gasteiger charge is -2.28. The second kappa shape index (κ2) is 50.9. The average molecular weight is 1790 g/mol. The first-order valence-electron chi connectivity index (χ1n) is 40.0. The fourth-order valence-electron chi connectivity index (χ4n) is 12.6. The number of carbonyl (C=O) groups excluding carboxylic acids is 17. The van der Waals surface area contributed by atoms with E-state index in [4.69, 9.17) is 22.6 Å². The van der Waals surface area contributed by atoms with Crippen LogP contribution in [0.1, 0.15) is 94.3 Å². The van der Waals surface area contributed by atoms with Crippen LogP contribution in [-0.2, 0) is 118 Å². The Hall–Kier alpha value is -14.5. The third-order valence-electron chi connectivity index (χ3n) is 18.9. The monoisotopic (exact) mass is 1790 g/mol. The molecule has 0 saturated carbocycles. The van der Waals surface area contributed by atoms with Crippen molar-refractivity contribution in [2.24, 2.45) is 29.0 Å². The molecule has 0 radical (unpaired) electrons. The number of aliphatic carboxylic acids is 1. The van der Waals surface area contributed by atoms with E-state index in [2.05, 4.69) is 105 Å². The van der Waals surface area contributed by atoms with Gasteiger partial charge in [0.15, 0.2) is 5.96 Å². The van der Waals surface area contributed by atoms with E-state index >= 15 is 0 Å². The number of aromatic amines is 2. The molecule has 5 aromatic rings. The Balaban J connectivity index is 1.43. The number of carbonyl (C=O) groups is 18. The number of thioether (sulfide) groups is 1. The van der Waals surface area contributed by atoms with Gasteiger partial charge < -0.3 is 138 Å². The summed E-state index contributed by atoms with van der Waals surface area (Å²) in [6.07, 6.45) is 0.0977. The second-order valence-electron chi connectivity index (χ2n) is 30.4. The van der Waals surface area contributed by atoms with Crippen LogP contribution in [0.3, 0.4) is 0 Å². The van der Waals surface area contributed by atoms with Crippen LogP contribution in [-0.4, -0.2) is 275 Å². The summed E-state index contributed by atoms with van der Waals surface area (Å²) in [4.78, 5) is 267. The van der Waals surface area contributed by atoms with Crippen molar-refractivity contribution in [1.82, 2.24) is 105 Å². The Labute approximate surface area is 730 Å². The number of nitrogens with zero attached hydrogens (tertiary/aromatic N) is 2. The molecule has 47 nitrogen and oxygen atoms in total. The van der Waals surface area contributed by atoms with E-state index in [-0.39, 0.29) is 79.3 Å². The number of nitrogens with two attached hydrogens (primary N) is 3. The summed E-state index contributed by atoms with van der Waals surface area (Å²) in [5.41, 5.74) is 17.7. The molecule has 0 spiro atoms. The fraction of sp³-hybridized carbons (Fsp3) is 0.456. The van der Waals surface area contributed by atoms with Crippen LogP contribution in [0.25, 0.3) is 0 Å². The quantitative estimate of drug-likeness (QED) is 0.0139. The van der Waals surface area contributed by atoms with Crippen molar-refractivity contribution in [3.05, 3.63) is 126 Å². The van der Waals surface area contributed by atoms with Crippen molar-refractivity contribution >= 4 is 124 Å². The molecule has 3 aromatic carbocycles. The molecule has 30 N–H and O–H groups in total. The molecular weight excluding hydrogens is 1690 g/mol. The normalized spacial score (nSPS) is 22.4. The largest absolute Gasteiger partial charge is 0.508 e. The number of aliphatic hydroxyl groups excluding tert-OH is 1. The molecule has 0 bridgehead atoms. The minimum absolute atomic E-state index is 0.0813. The summed E-state index contributed by atoms with van der Waals surface area (Å²) < 4.78 is 0. The molecule has 1 aliphatic rings. The highest BCUT2D eigenvalue weighted by molar-refractivity contribution is 8.00. The van der Waals surface area contributed by atoms with Crippen molar-refractivity contribution in [2.75, 3.05) is 44.3 Å². The Morgan fingerprint density at radius 1 is 0.441 bits per heavy atom. The highest BCUT2D eigenvalue weighted by Crippen LogP contribution is 2.19. The molecule has 6 rings (SSSR count). The van der Waals surface area contributed by atoms with E-state index in [9.17, 15) is 112 Å². The zero-order valence-electron chi connectivity index (χ0n) is 69.7. The fourth-order valence-corrected chi connectivity index (χ4v) is 13.4. The third-order valence-corrected chi connectivity index (χ3v) is 19.9. The van der Waals surface area contributed by atoms with Crippen LogP contribution < -0.4 is 102 Å². The first kappa shape index (κ1) is 101. The second-order valence-corrected chi connectivity index (χ2v) is 31.4. The molecule has 0 aliphatic carbocycles. The number of aromatic nitrogens is 4. The number of carboxylic acid groups (broad SMARTS) is 1. The van der Waals surface area contributed by atoms with E-state index < -0.39 is 267 Å². The van der Waals surface area contributed by atoms with Gasteiger partial charge in [0.25, 0.3) is 0 Å². The number of nitrogens with one attached hydrogen (secondary N) is 19. The predicted molar refractivity (Wildman–Crippen MR) is 450 cm³/mol.